The van der Waals surface area contributed by atoms with Crippen LogP contribution in [-0.4, -0.2) is 32.4 Å². The predicted molar refractivity (Wildman–Crippen MR) is 122 cm³/mol. The van der Waals surface area contributed by atoms with Crippen LogP contribution >= 0.6 is 11.8 Å². The molecule has 33 heavy (non-hydrogen) atoms. The van der Waals surface area contributed by atoms with Crippen molar-refractivity contribution in [1.82, 2.24) is 19.2 Å². The minimum Gasteiger partial charge on any atom is -0.382 e. The number of hydrogen-bond acceptors (Lipinski definition) is 5. The number of aryl methyl sites for hydroxylation is 1. The highest BCUT2D eigenvalue weighted by Crippen LogP contribution is 2.36. The zero-order valence-electron chi connectivity index (χ0n) is 18.2. The topological polar surface area (TPSA) is 61.4 Å². The van der Waals surface area contributed by atoms with Crippen molar-refractivity contribution in [2.45, 2.75) is 43.4 Å². The van der Waals surface area contributed by atoms with Crippen LogP contribution in [0.4, 0.5) is 13.2 Å². The third-order valence-corrected chi connectivity index (χ3v) is 6.44. The van der Waals surface area contributed by atoms with Gasteiger partial charge in [-0.1, -0.05) is 36.0 Å². The van der Waals surface area contributed by atoms with E-state index in [1.807, 2.05) is 36.4 Å². The number of fused-ring (bicyclic) bond motifs is 3. The van der Waals surface area contributed by atoms with Gasteiger partial charge in [-0.15, -0.1) is 10.2 Å². The molecule has 2 aromatic heterocycles. The predicted octanol–water partition coefficient (Wildman–Crippen LogP) is 5.34. The van der Waals surface area contributed by atoms with Crippen molar-refractivity contribution in [3.05, 3.63) is 70.0 Å². The summed E-state index contributed by atoms with van der Waals surface area (Å²) in [4.78, 5) is 13.1. The Bertz CT molecular complexity index is 1320. The number of benzene rings is 2. The van der Waals surface area contributed by atoms with E-state index in [2.05, 4.69) is 10.2 Å². The van der Waals surface area contributed by atoms with E-state index in [9.17, 15) is 18.0 Å². The van der Waals surface area contributed by atoms with E-state index in [0.29, 0.717) is 48.0 Å². The van der Waals surface area contributed by atoms with Crippen LogP contribution < -0.4 is 5.56 Å². The first-order chi connectivity index (χ1) is 15.8. The first kappa shape index (κ1) is 23.3. The quantitative estimate of drug-likeness (QED) is 0.254. The molecule has 2 aromatic carbocycles. The van der Waals surface area contributed by atoms with Gasteiger partial charge in [-0.3, -0.25) is 13.8 Å². The lowest BCUT2D eigenvalue weighted by molar-refractivity contribution is -0.137. The molecule has 0 bridgehead atoms. The summed E-state index contributed by atoms with van der Waals surface area (Å²) in [7, 11) is 0. The van der Waals surface area contributed by atoms with Gasteiger partial charge in [-0.2, -0.15) is 13.2 Å². The molecule has 0 fully saturated rings. The van der Waals surface area contributed by atoms with Crippen molar-refractivity contribution >= 4 is 28.4 Å². The zero-order valence-corrected chi connectivity index (χ0v) is 19.0. The average Bonchev–Trinajstić information content (AvgIpc) is 3.21. The van der Waals surface area contributed by atoms with E-state index in [1.54, 1.807) is 10.6 Å². The Morgan fingerprint density at radius 2 is 1.82 bits per heavy atom. The van der Waals surface area contributed by atoms with Crippen LogP contribution in [0.5, 0.6) is 0 Å². The van der Waals surface area contributed by atoms with E-state index in [1.165, 1.54) is 23.9 Å². The monoisotopic (exact) mass is 476 g/mol. The second kappa shape index (κ2) is 9.56. The minimum atomic E-state index is -4.37. The molecule has 0 saturated carbocycles. The number of nitrogens with zero attached hydrogens (tertiary/aromatic N) is 4. The molecule has 0 spiro atoms. The second-order valence-electron chi connectivity index (χ2n) is 7.52. The summed E-state index contributed by atoms with van der Waals surface area (Å²) < 4.78 is 47.5. The summed E-state index contributed by atoms with van der Waals surface area (Å²) in [6, 6.07) is 12.4. The smallest absolute Gasteiger partial charge is 0.382 e. The Morgan fingerprint density at radius 3 is 2.52 bits per heavy atom. The first-order valence-corrected chi connectivity index (χ1v) is 11.5. The molecular formula is C23H23F3N4O2S. The molecule has 6 nitrogen and oxygen atoms in total. The molecule has 2 heterocycles. The Labute approximate surface area is 192 Å². The maximum Gasteiger partial charge on any atom is 0.416 e. The molecule has 4 aromatic rings. The fraction of sp³-hybridized carbons (Fsp3) is 0.348. The van der Waals surface area contributed by atoms with Crippen molar-refractivity contribution in [2.24, 2.45) is 0 Å². The fourth-order valence-electron chi connectivity index (χ4n) is 3.65. The summed E-state index contributed by atoms with van der Waals surface area (Å²) in [5.74, 6) is 0.428. The van der Waals surface area contributed by atoms with Crippen molar-refractivity contribution in [3.63, 3.8) is 0 Å². The number of rotatable bonds is 8. The largest absolute Gasteiger partial charge is 0.416 e. The highest BCUT2D eigenvalue weighted by molar-refractivity contribution is 7.99. The summed E-state index contributed by atoms with van der Waals surface area (Å²) in [5, 5.41) is 9.53. The molecule has 1 atom stereocenters. The highest BCUT2D eigenvalue weighted by atomic mass is 32.2. The van der Waals surface area contributed by atoms with E-state index in [-0.39, 0.29) is 10.8 Å². The van der Waals surface area contributed by atoms with Crippen molar-refractivity contribution in [2.75, 3.05) is 13.2 Å². The van der Waals surface area contributed by atoms with Crippen molar-refractivity contribution in [3.8, 4) is 0 Å². The van der Waals surface area contributed by atoms with Gasteiger partial charge in [0.15, 0.2) is 5.16 Å². The SMILES string of the molecule is CCOCCCn1c(=O)c2ccccc2n2c(SC(C)c3ccc(C(F)(F)F)cc3)nnc12. The van der Waals surface area contributed by atoms with Gasteiger partial charge in [0.2, 0.25) is 5.78 Å². The lowest BCUT2D eigenvalue weighted by Crippen LogP contribution is -2.24. The van der Waals surface area contributed by atoms with Gasteiger partial charge in [0, 0.05) is 25.0 Å². The van der Waals surface area contributed by atoms with Crippen LogP contribution in [0.15, 0.2) is 58.5 Å². The number of ether oxygens (including phenoxy) is 1. The number of thioether (sulfide) groups is 1. The number of hydrogen-bond donors (Lipinski definition) is 0. The van der Waals surface area contributed by atoms with Gasteiger partial charge < -0.3 is 4.74 Å². The molecule has 10 heteroatoms. The molecule has 0 N–H and O–H groups in total. The Hall–Kier alpha value is -2.85. The molecular weight excluding hydrogens is 453 g/mol. The van der Waals surface area contributed by atoms with Crippen molar-refractivity contribution < 1.29 is 17.9 Å². The maximum atomic E-state index is 13.1. The van der Waals surface area contributed by atoms with Gasteiger partial charge in [-0.05, 0) is 50.1 Å². The van der Waals surface area contributed by atoms with Gasteiger partial charge in [-0.25, -0.2) is 0 Å². The van der Waals surface area contributed by atoms with Crippen LogP contribution in [0.3, 0.4) is 0 Å². The summed E-state index contributed by atoms with van der Waals surface area (Å²) >= 11 is 1.38. The van der Waals surface area contributed by atoms with Gasteiger partial charge in [0.1, 0.15) is 0 Å². The zero-order chi connectivity index (χ0) is 23.6. The Balaban J connectivity index is 1.71. The van der Waals surface area contributed by atoms with Gasteiger partial charge >= 0.3 is 6.18 Å². The lowest BCUT2D eigenvalue weighted by Gasteiger charge is -2.14. The van der Waals surface area contributed by atoms with Crippen LogP contribution in [0, 0.1) is 0 Å². The molecule has 1 unspecified atom stereocenters. The van der Waals surface area contributed by atoms with E-state index in [0.717, 1.165) is 17.7 Å². The molecule has 0 aliphatic rings. The summed E-state index contributed by atoms with van der Waals surface area (Å²) in [5.41, 5.74) is 0.595. The molecule has 0 amide bonds. The number of alkyl halides is 3. The maximum absolute atomic E-state index is 13.1. The molecule has 0 aliphatic carbocycles. The number of aromatic nitrogens is 4. The van der Waals surface area contributed by atoms with Crippen LogP contribution in [0.1, 0.15) is 36.6 Å². The lowest BCUT2D eigenvalue weighted by atomic mass is 10.1. The molecule has 0 aliphatic heterocycles. The van der Waals surface area contributed by atoms with E-state index < -0.39 is 11.7 Å². The van der Waals surface area contributed by atoms with Gasteiger partial charge in [0.25, 0.3) is 5.56 Å². The Morgan fingerprint density at radius 1 is 1.09 bits per heavy atom. The average molecular weight is 477 g/mol. The first-order valence-electron chi connectivity index (χ1n) is 10.6. The summed E-state index contributed by atoms with van der Waals surface area (Å²) in [6.07, 6.45) is -3.72. The molecule has 0 saturated heterocycles. The fourth-order valence-corrected chi connectivity index (χ4v) is 4.63. The third-order valence-electron chi connectivity index (χ3n) is 5.34. The van der Waals surface area contributed by atoms with Crippen LogP contribution in [0.25, 0.3) is 16.7 Å². The molecule has 4 rings (SSSR count). The van der Waals surface area contributed by atoms with Gasteiger partial charge in [0.05, 0.1) is 16.5 Å². The molecule has 0 radical (unpaired) electrons. The standard InChI is InChI=1S/C23H23F3N4O2S/c1-3-32-14-6-13-29-20(31)18-7-4-5-8-19(18)30-21(29)27-28-22(30)33-15(2)16-9-11-17(12-10-16)23(24,25)26/h4-5,7-12,15H,3,6,13-14H2,1-2H3. The number of para-hydroxylation sites is 1. The molecule has 174 valence electrons. The highest BCUT2D eigenvalue weighted by Gasteiger charge is 2.30. The number of halogens is 3. The van der Waals surface area contributed by atoms with Crippen molar-refractivity contribution in [1.29, 1.82) is 0 Å². The normalized spacial score (nSPS) is 13.1. The second-order valence-corrected chi connectivity index (χ2v) is 8.83. The van der Waals surface area contributed by atoms with E-state index in [4.69, 9.17) is 4.74 Å². The summed E-state index contributed by atoms with van der Waals surface area (Å²) in [6.45, 7) is 5.39. The van der Waals surface area contributed by atoms with E-state index >= 15 is 0 Å². The van der Waals surface area contributed by atoms with Crippen LogP contribution in [0.2, 0.25) is 0 Å². The minimum absolute atomic E-state index is 0.144. The van der Waals surface area contributed by atoms with Crippen LogP contribution in [-0.2, 0) is 17.5 Å². The Kier molecular flexibility index (Phi) is 6.76. The third kappa shape index (κ3) is 4.77.